The summed E-state index contributed by atoms with van der Waals surface area (Å²) in [6, 6.07) is 9.59. The van der Waals surface area contributed by atoms with E-state index in [9.17, 15) is 18.0 Å². The third-order valence-corrected chi connectivity index (χ3v) is 3.07. The molecule has 1 amide bonds. The van der Waals surface area contributed by atoms with Crippen LogP contribution in [0.25, 0.3) is 0 Å². The molecule has 0 saturated heterocycles. The minimum atomic E-state index is -4.52. The molecule has 0 spiro atoms. The van der Waals surface area contributed by atoms with Gasteiger partial charge in [0.25, 0.3) is 5.91 Å². The number of hydrogen-bond donors (Lipinski definition) is 0. The fourth-order valence-corrected chi connectivity index (χ4v) is 2.01. The molecule has 2 aromatic rings. The van der Waals surface area contributed by atoms with E-state index in [1.54, 1.807) is 24.3 Å². The molecule has 0 saturated carbocycles. The highest BCUT2D eigenvalue weighted by Crippen LogP contribution is 2.26. The molecule has 0 aliphatic rings. The fraction of sp³-hybridized carbons (Fsp3) is 0.312. The lowest BCUT2D eigenvalue weighted by molar-refractivity contribution is -0.164. The van der Waals surface area contributed by atoms with Crippen LogP contribution in [-0.4, -0.2) is 37.2 Å². The first-order valence-electron chi connectivity index (χ1n) is 7.02. The van der Waals surface area contributed by atoms with Crippen LogP contribution in [0.2, 0.25) is 0 Å². The van der Waals surface area contributed by atoms with E-state index in [4.69, 9.17) is 13.9 Å². The van der Waals surface area contributed by atoms with Crippen LogP contribution >= 0.6 is 0 Å². The number of carbonyl (C=O) groups excluding carboxylic acids is 1. The van der Waals surface area contributed by atoms with Crippen LogP contribution in [0.4, 0.5) is 13.2 Å². The molecule has 1 aromatic carbocycles. The smallest absolute Gasteiger partial charge is 0.406 e. The van der Waals surface area contributed by atoms with Crippen LogP contribution in [0.15, 0.2) is 47.1 Å². The molecule has 0 unspecified atom stereocenters. The lowest BCUT2D eigenvalue weighted by atomic mass is 10.3. The fourth-order valence-electron chi connectivity index (χ4n) is 2.01. The summed E-state index contributed by atoms with van der Waals surface area (Å²) in [7, 11) is 1.43. The van der Waals surface area contributed by atoms with Crippen molar-refractivity contribution in [1.82, 2.24) is 4.90 Å². The molecule has 24 heavy (non-hydrogen) atoms. The standard InChI is InChI=1S/C16H16F3NO4/c1-22-13-6-2-3-7-14(13)24-10-15(21)20(11-16(17,18)19)9-12-5-4-8-23-12/h2-8H,9-11H2,1H3. The van der Waals surface area contributed by atoms with Gasteiger partial charge in [0.2, 0.25) is 0 Å². The molecule has 8 heteroatoms. The molecule has 0 aliphatic carbocycles. The number of furan rings is 1. The predicted molar refractivity (Wildman–Crippen MR) is 78.7 cm³/mol. The first kappa shape index (κ1) is 17.7. The summed E-state index contributed by atoms with van der Waals surface area (Å²) in [5, 5.41) is 0. The highest BCUT2D eigenvalue weighted by molar-refractivity contribution is 5.77. The van der Waals surface area contributed by atoms with Crippen molar-refractivity contribution in [2.75, 3.05) is 20.3 Å². The van der Waals surface area contributed by atoms with Crippen LogP contribution in [0.5, 0.6) is 11.5 Å². The molecule has 0 atom stereocenters. The van der Waals surface area contributed by atoms with Crippen molar-refractivity contribution in [3.05, 3.63) is 48.4 Å². The summed E-state index contributed by atoms with van der Waals surface area (Å²) in [4.78, 5) is 12.8. The average molecular weight is 343 g/mol. The van der Waals surface area contributed by atoms with Gasteiger partial charge < -0.3 is 18.8 Å². The van der Waals surface area contributed by atoms with E-state index in [2.05, 4.69) is 0 Å². The number of halogens is 3. The highest BCUT2D eigenvalue weighted by Gasteiger charge is 2.33. The number of alkyl halides is 3. The van der Waals surface area contributed by atoms with Crippen molar-refractivity contribution in [3.63, 3.8) is 0 Å². The monoisotopic (exact) mass is 343 g/mol. The van der Waals surface area contributed by atoms with Crippen molar-refractivity contribution >= 4 is 5.91 Å². The molecule has 0 N–H and O–H groups in total. The van der Waals surface area contributed by atoms with Gasteiger partial charge in [-0.05, 0) is 24.3 Å². The van der Waals surface area contributed by atoms with Crippen LogP contribution < -0.4 is 9.47 Å². The quantitative estimate of drug-likeness (QED) is 0.774. The van der Waals surface area contributed by atoms with Crippen LogP contribution in [0, 0.1) is 0 Å². The maximum absolute atomic E-state index is 12.7. The summed E-state index contributed by atoms with van der Waals surface area (Å²) >= 11 is 0. The van der Waals surface area contributed by atoms with Gasteiger partial charge in [0.1, 0.15) is 12.3 Å². The Labute approximate surface area is 136 Å². The van der Waals surface area contributed by atoms with Gasteiger partial charge in [-0.25, -0.2) is 0 Å². The number of carbonyl (C=O) groups is 1. The lowest BCUT2D eigenvalue weighted by Gasteiger charge is -2.23. The van der Waals surface area contributed by atoms with Crippen molar-refractivity contribution in [2.24, 2.45) is 0 Å². The second-order valence-electron chi connectivity index (χ2n) is 4.88. The molecule has 130 valence electrons. The van der Waals surface area contributed by atoms with Gasteiger partial charge in [0, 0.05) is 0 Å². The maximum Gasteiger partial charge on any atom is 0.406 e. The summed E-state index contributed by atoms with van der Waals surface area (Å²) in [6.45, 7) is -2.22. The number of nitrogens with zero attached hydrogens (tertiary/aromatic N) is 1. The molecule has 2 rings (SSSR count). The van der Waals surface area contributed by atoms with Gasteiger partial charge in [0.15, 0.2) is 18.1 Å². The highest BCUT2D eigenvalue weighted by atomic mass is 19.4. The maximum atomic E-state index is 12.7. The third kappa shape index (κ3) is 5.22. The van der Waals surface area contributed by atoms with E-state index in [0.717, 1.165) is 0 Å². The molecular weight excluding hydrogens is 327 g/mol. The van der Waals surface area contributed by atoms with Crippen molar-refractivity contribution in [3.8, 4) is 11.5 Å². The van der Waals surface area contributed by atoms with Gasteiger partial charge in [-0.15, -0.1) is 0 Å². The Morgan fingerprint density at radius 1 is 1.17 bits per heavy atom. The Bertz CT molecular complexity index is 656. The van der Waals surface area contributed by atoms with Gasteiger partial charge >= 0.3 is 6.18 Å². The van der Waals surface area contributed by atoms with E-state index in [0.29, 0.717) is 10.6 Å². The SMILES string of the molecule is COc1ccccc1OCC(=O)N(Cc1ccco1)CC(F)(F)F. The normalized spacial score (nSPS) is 11.2. The molecule has 0 fully saturated rings. The van der Waals surface area contributed by atoms with Crippen LogP contribution in [0.3, 0.4) is 0 Å². The van der Waals surface area contributed by atoms with Gasteiger partial charge in [-0.1, -0.05) is 12.1 Å². The van der Waals surface area contributed by atoms with Gasteiger partial charge in [-0.2, -0.15) is 13.2 Å². The molecule has 5 nitrogen and oxygen atoms in total. The van der Waals surface area contributed by atoms with Crippen molar-refractivity contribution < 1.29 is 31.9 Å². The van der Waals surface area contributed by atoms with E-state index in [1.807, 2.05) is 0 Å². The Morgan fingerprint density at radius 3 is 2.46 bits per heavy atom. The number of hydrogen-bond acceptors (Lipinski definition) is 4. The Kier molecular flexibility index (Phi) is 5.73. The minimum absolute atomic E-state index is 0.255. The first-order chi connectivity index (χ1) is 11.4. The molecule has 1 heterocycles. The second kappa shape index (κ2) is 7.76. The van der Waals surface area contributed by atoms with E-state index in [1.165, 1.54) is 25.5 Å². The zero-order chi connectivity index (χ0) is 17.6. The Morgan fingerprint density at radius 2 is 1.88 bits per heavy atom. The number of benzene rings is 1. The van der Waals surface area contributed by atoms with Crippen molar-refractivity contribution in [1.29, 1.82) is 0 Å². The van der Waals surface area contributed by atoms with E-state index >= 15 is 0 Å². The number of methoxy groups -OCH3 is 1. The summed E-state index contributed by atoms with van der Waals surface area (Å²) < 4.78 is 53.4. The zero-order valence-corrected chi connectivity index (χ0v) is 12.9. The number of para-hydroxylation sites is 2. The summed E-state index contributed by atoms with van der Waals surface area (Å²) in [5.74, 6) is 0.108. The molecule has 0 radical (unpaired) electrons. The zero-order valence-electron chi connectivity index (χ0n) is 12.9. The number of ether oxygens (including phenoxy) is 2. The van der Waals surface area contributed by atoms with Gasteiger partial charge in [-0.3, -0.25) is 4.79 Å². The summed E-state index contributed by atoms with van der Waals surface area (Å²) in [5.41, 5.74) is 0. The van der Waals surface area contributed by atoms with Crippen LogP contribution in [-0.2, 0) is 11.3 Å². The number of rotatable bonds is 7. The minimum Gasteiger partial charge on any atom is -0.493 e. The number of amides is 1. The first-order valence-corrected chi connectivity index (χ1v) is 7.02. The van der Waals surface area contributed by atoms with Crippen molar-refractivity contribution in [2.45, 2.75) is 12.7 Å². The largest absolute Gasteiger partial charge is 0.493 e. The topological polar surface area (TPSA) is 51.9 Å². The Balaban J connectivity index is 2.03. The van der Waals surface area contributed by atoms with E-state index in [-0.39, 0.29) is 18.1 Å². The van der Waals surface area contributed by atoms with E-state index < -0.39 is 25.2 Å². The molecule has 1 aromatic heterocycles. The molecule has 0 bridgehead atoms. The average Bonchev–Trinajstić information content (AvgIpc) is 3.04. The predicted octanol–water partition coefficient (Wildman–Crippen LogP) is 3.26. The summed E-state index contributed by atoms with van der Waals surface area (Å²) in [6.07, 6.45) is -3.19. The second-order valence-corrected chi connectivity index (χ2v) is 4.88. The third-order valence-electron chi connectivity index (χ3n) is 3.07. The lowest BCUT2D eigenvalue weighted by Crippen LogP contribution is -2.40. The van der Waals surface area contributed by atoms with Crippen LogP contribution in [0.1, 0.15) is 5.76 Å². The van der Waals surface area contributed by atoms with Gasteiger partial charge in [0.05, 0.1) is 19.9 Å². The molecular formula is C16H16F3NO4. The molecule has 0 aliphatic heterocycles. The Hall–Kier alpha value is -2.64.